The molecule has 0 saturated carbocycles. The third-order valence-corrected chi connectivity index (χ3v) is 2.72. The fourth-order valence-electron chi connectivity index (χ4n) is 0.694. The number of nitrogens with zero attached hydrogens (tertiary/aromatic N) is 1. The summed E-state index contributed by atoms with van der Waals surface area (Å²) >= 11 is 0. The van der Waals surface area contributed by atoms with Gasteiger partial charge in [0.15, 0.2) is 5.03 Å². The molecular formula is C6H9N3O4S. The van der Waals surface area contributed by atoms with Crippen molar-refractivity contribution in [2.75, 3.05) is 13.7 Å². The predicted molar refractivity (Wildman–Crippen MR) is 45.8 cm³/mol. The maximum absolute atomic E-state index is 11.3. The summed E-state index contributed by atoms with van der Waals surface area (Å²) in [5, 5.41) is -0.0959. The Labute approximate surface area is 80.5 Å². The second-order valence-electron chi connectivity index (χ2n) is 2.32. The Morgan fingerprint density at radius 3 is 2.93 bits per heavy atom. The standard InChI is InChI=1S/C6H9N3O4S/c1-13-6(10)3-9-14(11,12)5-2-7-4-8-5/h2,4,9H,3H2,1H3,(H,7,8). The van der Waals surface area contributed by atoms with Crippen LogP contribution < -0.4 is 4.72 Å². The van der Waals surface area contributed by atoms with Crippen LogP contribution in [0.2, 0.25) is 0 Å². The minimum Gasteiger partial charge on any atom is -0.468 e. The number of H-pyrrole nitrogens is 1. The minimum atomic E-state index is -3.69. The average molecular weight is 219 g/mol. The molecule has 14 heavy (non-hydrogen) atoms. The minimum absolute atomic E-state index is 0.0959. The number of aromatic amines is 1. The smallest absolute Gasteiger partial charge is 0.320 e. The van der Waals surface area contributed by atoms with Crippen molar-refractivity contribution in [1.29, 1.82) is 0 Å². The largest absolute Gasteiger partial charge is 0.468 e. The van der Waals surface area contributed by atoms with Gasteiger partial charge in [-0.25, -0.2) is 13.4 Å². The summed E-state index contributed by atoms with van der Waals surface area (Å²) in [5.41, 5.74) is 0. The topological polar surface area (TPSA) is 101 Å². The van der Waals surface area contributed by atoms with E-state index in [1.54, 1.807) is 0 Å². The molecule has 0 fully saturated rings. The molecule has 0 atom stereocenters. The summed E-state index contributed by atoms with van der Waals surface area (Å²) in [6.45, 7) is -0.405. The van der Waals surface area contributed by atoms with E-state index in [9.17, 15) is 13.2 Å². The van der Waals surface area contributed by atoms with Crippen molar-refractivity contribution in [3.8, 4) is 0 Å². The van der Waals surface area contributed by atoms with Crippen LogP contribution in [0.25, 0.3) is 0 Å². The molecule has 0 saturated heterocycles. The van der Waals surface area contributed by atoms with Crippen LogP contribution in [-0.2, 0) is 19.6 Å². The Morgan fingerprint density at radius 1 is 1.71 bits per heavy atom. The lowest BCUT2D eigenvalue weighted by atomic mass is 10.7. The first-order valence-corrected chi connectivity index (χ1v) is 5.09. The first-order valence-electron chi connectivity index (χ1n) is 3.61. The van der Waals surface area contributed by atoms with Crippen LogP contribution in [0.15, 0.2) is 17.6 Å². The first-order chi connectivity index (χ1) is 6.56. The van der Waals surface area contributed by atoms with Crippen LogP contribution in [0, 0.1) is 0 Å². The van der Waals surface area contributed by atoms with E-state index in [4.69, 9.17) is 0 Å². The average Bonchev–Trinajstić information content (AvgIpc) is 2.67. The van der Waals surface area contributed by atoms with Crippen molar-refractivity contribution in [3.05, 3.63) is 12.5 Å². The molecule has 1 rings (SSSR count). The first kappa shape index (κ1) is 10.7. The lowest BCUT2D eigenvalue weighted by Gasteiger charge is -2.02. The van der Waals surface area contributed by atoms with Gasteiger partial charge in [-0.1, -0.05) is 0 Å². The molecule has 0 spiro atoms. The van der Waals surface area contributed by atoms with E-state index in [1.165, 1.54) is 13.4 Å². The second-order valence-corrected chi connectivity index (χ2v) is 4.05. The van der Waals surface area contributed by atoms with Crippen molar-refractivity contribution >= 4 is 16.0 Å². The van der Waals surface area contributed by atoms with Crippen LogP contribution in [0.3, 0.4) is 0 Å². The highest BCUT2D eigenvalue weighted by molar-refractivity contribution is 7.89. The fraction of sp³-hybridized carbons (Fsp3) is 0.333. The van der Waals surface area contributed by atoms with Gasteiger partial charge in [-0.15, -0.1) is 0 Å². The summed E-state index contributed by atoms with van der Waals surface area (Å²) in [6, 6.07) is 0. The van der Waals surface area contributed by atoms with E-state index in [0.29, 0.717) is 0 Å². The number of rotatable bonds is 4. The van der Waals surface area contributed by atoms with Crippen LogP contribution in [0.5, 0.6) is 0 Å². The lowest BCUT2D eigenvalue weighted by Crippen LogP contribution is -2.30. The Morgan fingerprint density at radius 2 is 2.43 bits per heavy atom. The van der Waals surface area contributed by atoms with Crippen molar-refractivity contribution in [1.82, 2.24) is 14.7 Å². The molecule has 2 N–H and O–H groups in total. The number of esters is 1. The molecule has 1 aromatic rings. The van der Waals surface area contributed by atoms with Gasteiger partial charge in [0, 0.05) is 0 Å². The van der Waals surface area contributed by atoms with Gasteiger partial charge >= 0.3 is 5.97 Å². The summed E-state index contributed by atoms with van der Waals surface area (Å²) in [6.07, 6.45) is 2.37. The summed E-state index contributed by atoms with van der Waals surface area (Å²) in [5.74, 6) is -0.659. The zero-order valence-corrected chi connectivity index (χ0v) is 8.17. The SMILES string of the molecule is COC(=O)CNS(=O)(=O)c1cnc[nH]1. The summed E-state index contributed by atoms with van der Waals surface area (Å²) in [7, 11) is -2.52. The molecule has 0 amide bonds. The molecule has 0 aromatic carbocycles. The van der Waals surface area contributed by atoms with Crippen LogP contribution >= 0.6 is 0 Å². The third kappa shape index (κ3) is 2.54. The molecule has 1 heterocycles. The number of methoxy groups -OCH3 is 1. The number of sulfonamides is 1. The Kier molecular flexibility index (Phi) is 3.20. The van der Waals surface area contributed by atoms with Crippen molar-refractivity contribution < 1.29 is 17.9 Å². The quantitative estimate of drug-likeness (QED) is 0.623. The van der Waals surface area contributed by atoms with E-state index < -0.39 is 22.5 Å². The van der Waals surface area contributed by atoms with Gasteiger partial charge in [0.1, 0.15) is 6.54 Å². The van der Waals surface area contributed by atoms with Crippen LogP contribution in [0.4, 0.5) is 0 Å². The highest BCUT2D eigenvalue weighted by atomic mass is 32.2. The number of carbonyl (C=O) groups excluding carboxylic acids is 1. The Bertz CT molecular complexity index is 397. The van der Waals surface area contributed by atoms with E-state index in [2.05, 4.69) is 14.7 Å². The van der Waals surface area contributed by atoms with Gasteiger partial charge in [-0.3, -0.25) is 4.79 Å². The molecule has 8 heteroatoms. The number of aromatic nitrogens is 2. The second kappa shape index (κ2) is 4.20. The van der Waals surface area contributed by atoms with E-state index in [-0.39, 0.29) is 5.03 Å². The van der Waals surface area contributed by atoms with Gasteiger partial charge < -0.3 is 9.72 Å². The van der Waals surface area contributed by atoms with Crippen molar-refractivity contribution in [2.45, 2.75) is 5.03 Å². The zero-order valence-electron chi connectivity index (χ0n) is 7.35. The maximum atomic E-state index is 11.3. The molecule has 0 radical (unpaired) electrons. The molecule has 0 aliphatic heterocycles. The van der Waals surface area contributed by atoms with Crippen molar-refractivity contribution in [3.63, 3.8) is 0 Å². The summed E-state index contributed by atoms with van der Waals surface area (Å²) < 4.78 is 29.0. The van der Waals surface area contributed by atoms with E-state index in [1.807, 2.05) is 4.72 Å². The monoisotopic (exact) mass is 219 g/mol. The number of imidazole rings is 1. The molecule has 1 aromatic heterocycles. The molecule has 0 bridgehead atoms. The molecule has 78 valence electrons. The highest BCUT2D eigenvalue weighted by Gasteiger charge is 2.16. The number of carbonyl (C=O) groups is 1. The highest BCUT2D eigenvalue weighted by Crippen LogP contribution is 2.00. The lowest BCUT2D eigenvalue weighted by molar-refractivity contribution is -0.139. The van der Waals surface area contributed by atoms with E-state index in [0.717, 1.165) is 6.20 Å². The van der Waals surface area contributed by atoms with Crippen LogP contribution in [0.1, 0.15) is 0 Å². The third-order valence-electron chi connectivity index (χ3n) is 1.40. The normalized spacial score (nSPS) is 11.2. The van der Waals surface area contributed by atoms with Gasteiger partial charge in [-0.05, 0) is 0 Å². The van der Waals surface area contributed by atoms with Crippen LogP contribution in [-0.4, -0.2) is 38.0 Å². The molecular weight excluding hydrogens is 210 g/mol. The summed E-state index contributed by atoms with van der Waals surface area (Å²) in [4.78, 5) is 16.6. The molecule has 0 unspecified atom stereocenters. The number of hydrogen-bond donors (Lipinski definition) is 2. The predicted octanol–water partition coefficient (Wildman–Crippen LogP) is -1.14. The Hall–Kier alpha value is -1.41. The Balaban J connectivity index is 2.65. The number of ether oxygens (including phenoxy) is 1. The van der Waals surface area contributed by atoms with Gasteiger partial charge in [0.2, 0.25) is 0 Å². The molecule has 0 aliphatic rings. The number of hydrogen-bond acceptors (Lipinski definition) is 5. The van der Waals surface area contributed by atoms with Gasteiger partial charge in [0.25, 0.3) is 10.0 Å². The fourth-order valence-corrected chi connectivity index (χ4v) is 1.56. The molecule has 0 aliphatic carbocycles. The van der Waals surface area contributed by atoms with E-state index >= 15 is 0 Å². The maximum Gasteiger partial charge on any atom is 0.320 e. The van der Waals surface area contributed by atoms with Gasteiger partial charge in [0.05, 0.1) is 19.6 Å². The zero-order chi connectivity index (χ0) is 10.6. The van der Waals surface area contributed by atoms with Gasteiger partial charge in [-0.2, -0.15) is 4.72 Å². The van der Waals surface area contributed by atoms with Crippen molar-refractivity contribution in [2.24, 2.45) is 0 Å². The number of nitrogens with one attached hydrogen (secondary N) is 2. The molecule has 7 nitrogen and oxygen atoms in total.